The third-order valence-electron chi connectivity index (χ3n) is 3.49. The molecule has 0 radical (unpaired) electrons. The molecule has 0 aliphatic heterocycles. The maximum Gasteiger partial charge on any atom is 0.235 e. The third-order valence-corrected chi connectivity index (χ3v) is 3.49. The zero-order chi connectivity index (χ0) is 13.9. The smallest absolute Gasteiger partial charge is 0.235 e. The van der Waals surface area contributed by atoms with Crippen LogP contribution < -0.4 is 9.47 Å². The van der Waals surface area contributed by atoms with Gasteiger partial charge in [-0.15, -0.1) is 0 Å². The summed E-state index contributed by atoms with van der Waals surface area (Å²) in [5.74, 6) is 1.37. The summed E-state index contributed by atoms with van der Waals surface area (Å²) in [6.07, 6.45) is 4.50. The van der Waals surface area contributed by atoms with Crippen LogP contribution in [0.2, 0.25) is 0 Å². The molecule has 1 aliphatic carbocycles. The summed E-state index contributed by atoms with van der Waals surface area (Å²) < 4.78 is 11.2. The number of isocyanates is 1. The first kappa shape index (κ1) is 13.6. The SMILES string of the molecule is COc1cccc(C2(N=C=O)CCC2)c1OC(C)C. The van der Waals surface area contributed by atoms with Crippen molar-refractivity contribution in [3.05, 3.63) is 23.8 Å². The molecule has 1 aliphatic rings. The quantitative estimate of drug-likeness (QED) is 0.604. The number of methoxy groups -OCH3 is 1. The molecule has 0 spiro atoms. The van der Waals surface area contributed by atoms with E-state index in [4.69, 9.17) is 9.47 Å². The summed E-state index contributed by atoms with van der Waals surface area (Å²) in [7, 11) is 1.61. The number of hydrogen-bond acceptors (Lipinski definition) is 4. The van der Waals surface area contributed by atoms with Crippen LogP contribution in [0.25, 0.3) is 0 Å². The second-order valence-corrected chi connectivity index (χ2v) is 5.09. The Labute approximate surface area is 113 Å². The number of hydrogen-bond donors (Lipinski definition) is 0. The van der Waals surface area contributed by atoms with Crippen LogP contribution in [-0.4, -0.2) is 19.3 Å². The molecule has 0 aromatic heterocycles. The van der Waals surface area contributed by atoms with Gasteiger partial charge in [0, 0.05) is 5.56 Å². The minimum absolute atomic E-state index is 0.0346. The standard InChI is InChI=1S/C15H19NO3/c1-11(2)19-14-12(6-4-7-13(14)18-3)15(16-10-17)8-5-9-15/h4,6-7,11H,5,8-9H2,1-3H3. The Balaban J connectivity index is 2.52. The van der Waals surface area contributed by atoms with Crippen molar-refractivity contribution in [2.45, 2.75) is 44.8 Å². The van der Waals surface area contributed by atoms with Gasteiger partial charge >= 0.3 is 0 Å². The topological polar surface area (TPSA) is 47.9 Å². The van der Waals surface area contributed by atoms with Crippen LogP contribution in [0.15, 0.2) is 23.2 Å². The molecule has 0 saturated heterocycles. The molecule has 0 atom stereocenters. The fourth-order valence-corrected chi connectivity index (χ4v) is 2.44. The van der Waals surface area contributed by atoms with Gasteiger partial charge in [-0.25, -0.2) is 4.79 Å². The van der Waals surface area contributed by atoms with E-state index in [1.165, 1.54) is 0 Å². The molecule has 0 unspecified atom stereocenters. The monoisotopic (exact) mass is 261 g/mol. The lowest BCUT2D eigenvalue weighted by Gasteiger charge is -2.38. The Kier molecular flexibility index (Phi) is 3.91. The van der Waals surface area contributed by atoms with Crippen molar-refractivity contribution in [2.75, 3.05) is 7.11 Å². The van der Waals surface area contributed by atoms with Crippen LogP contribution in [0.4, 0.5) is 0 Å². The maximum atomic E-state index is 10.7. The van der Waals surface area contributed by atoms with Gasteiger partial charge in [0.25, 0.3) is 0 Å². The van der Waals surface area contributed by atoms with Gasteiger partial charge in [-0.1, -0.05) is 12.1 Å². The number of para-hydroxylation sites is 1. The average molecular weight is 261 g/mol. The van der Waals surface area contributed by atoms with E-state index in [-0.39, 0.29) is 6.10 Å². The minimum Gasteiger partial charge on any atom is -0.493 e. The van der Waals surface area contributed by atoms with E-state index in [0.29, 0.717) is 11.5 Å². The predicted octanol–water partition coefficient (Wildman–Crippen LogP) is 3.20. The number of ether oxygens (including phenoxy) is 2. The molecule has 1 aromatic rings. The molecule has 0 N–H and O–H groups in total. The van der Waals surface area contributed by atoms with Crippen molar-refractivity contribution >= 4 is 6.08 Å². The van der Waals surface area contributed by atoms with E-state index in [9.17, 15) is 4.79 Å². The molecule has 0 bridgehead atoms. The Bertz CT molecular complexity index is 500. The Morgan fingerprint density at radius 3 is 2.58 bits per heavy atom. The summed E-state index contributed by atoms with van der Waals surface area (Å²) >= 11 is 0. The second-order valence-electron chi connectivity index (χ2n) is 5.09. The van der Waals surface area contributed by atoms with Crippen molar-refractivity contribution in [1.82, 2.24) is 0 Å². The molecular formula is C15H19NO3. The number of rotatable bonds is 5. The molecule has 1 aromatic carbocycles. The summed E-state index contributed by atoms with van der Waals surface area (Å²) in [4.78, 5) is 14.7. The van der Waals surface area contributed by atoms with E-state index >= 15 is 0 Å². The predicted molar refractivity (Wildman–Crippen MR) is 72.4 cm³/mol. The molecule has 2 rings (SSSR count). The van der Waals surface area contributed by atoms with E-state index in [1.807, 2.05) is 32.0 Å². The molecule has 0 amide bonds. The van der Waals surface area contributed by atoms with Crippen LogP contribution in [0.1, 0.15) is 38.7 Å². The van der Waals surface area contributed by atoms with E-state index in [2.05, 4.69) is 4.99 Å². The maximum absolute atomic E-state index is 10.7. The van der Waals surface area contributed by atoms with Gasteiger partial charge in [0.05, 0.1) is 13.2 Å². The molecule has 1 saturated carbocycles. The van der Waals surface area contributed by atoms with Crippen molar-refractivity contribution in [1.29, 1.82) is 0 Å². The first-order valence-corrected chi connectivity index (χ1v) is 6.56. The lowest BCUT2D eigenvalue weighted by atomic mass is 9.72. The summed E-state index contributed by atoms with van der Waals surface area (Å²) in [6.45, 7) is 3.93. The normalized spacial score (nSPS) is 16.4. The highest BCUT2D eigenvalue weighted by Crippen LogP contribution is 2.50. The molecule has 4 nitrogen and oxygen atoms in total. The largest absolute Gasteiger partial charge is 0.493 e. The highest BCUT2D eigenvalue weighted by atomic mass is 16.5. The van der Waals surface area contributed by atoms with E-state index in [0.717, 1.165) is 24.8 Å². The summed E-state index contributed by atoms with van der Waals surface area (Å²) in [5.41, 5.74) is 0.454. The molecule has 4 heteroatoms. The fourth-order valence-electron chi connectivity index (χ4n) is 2.44. The molecule has 102 valence electrons. The van der Waals surface area contributed by atoms with Crippen LogP contribution in [0.5, 0.6) is 11.5 Å². The number of benzene rings is 1. The van der Waals surface area contributed by atoms with Gasteiger partial charge in [0.15, 0.2) is 11.5 Å². The number of carbonyl (C=O) groups excluding carboxylic acids is 1. The van der Waals surface area contributed by atoms with E-state index in [1.54, 1.807) is 13.2 Å². The number of nitrogens with zero attached hydrogens (tertiary/aromatic N) is 1. The van der Waals surface area contributed by atoms with Crippen LogP contribution in [-0.2, 0) is 10.3 Å². The van der Waals surface area contributed by atoms with E-state index < -0.39 is 5.54 Å². The first-order chi connectivity index (χ1) is 9.13. The Hall–Kier alpha value is -1.80. The molecule has 19 heavy (non-hydrogen) atoms. The third kappa shape index (κ3) is 2.49. The van der Waals surface area contributed by atoms with Gasteiger partial charge < -0.3 is 9.47 Å². The van der Waals surface area contributed by atoms with Crippen molar-refractivity contribution < 1.29 is 14.3 Å². The van der Waals surface area contributed by atoms with Gasteiger partial charge in [-0.05, 0) is 39.2 Å². The second kappa shape index (κ2) is 5.45. The minimum atomic E-state index is -0.472. The number of aliphatic imine (C=N–C) groups is 1. The highest BCUT2D eigenvalue weighted by Gasteiger charge is 2.42. The lowest BCUT2D eigenvalue weighted by molar-refractivity contribution is 0.202. The Morgan fingerprint density at radius 1 is 1.37 bits per heavy atom. The van der Waals surface area contributed by atoms with Gasteiger partial charge in [0.1, 0.15) is 5.54 Å². The van der Waals surface area contributed by atoms with Crippen LogP contribution in [0.3, 0.4) is 0 Å². The van der Waals surface area contributed by atoms with Crippen molar-refractivity contribution in [3.63, 3.8) is 0 Å². The first-order valence-electron chi connectivity index (χ1n) is 6.56. The van der Waals surface area contributed by atoms with Crippen LogP contribution in [0, 0.1) is 0 Å². The lowest BCUT2D eigenvalue weighted by Crippen LogP contribution is -2.32. The average Bonchev–Trinajstić information content (AvgIpc) is 2.34. The fraction of sp³-hybridized carbons (Fsp3) is 0.533. The Morgan fingerprint density at radius 2 is 2.11 bits per heavy atom. The molecule has 1 fully saturated rings. The van der Waals surface area contributed by atoms with Crippen molar-refractivity contribution in [2.24, 2.45) is 4.99 Å². The van der Waals surface area contributed by atoms with Gasteiger partial charge in [-0.2, -0.15) is 4.99 Å². The molecular weight excluding hydrogens is 242 g/mol. The summed E-state index contributed by atoms with van der Waals surface area (Å²) in [5, 5.41) is 0. The van der Waals surface area contributed by atoms with Crippen molar-refractivity contribution in [3.8, 4) is 11.5 Å². The summed E-state index contributed by atoms with van der Waals surface area (Å²) in [6, 6.07) is 5.72. The molecule has 0 heterocycles. The zero-order valence-electron chi connectivity index (χ0n) is 11.6. The van der Waals surface area contributed by atoms with Gasteiger partial charge in [-0.3, -0.25) is 0 Å². The van der Waals surface area contributed by atoms with Gasteiger partial charge in [0.2, 0.25) is 6.08 Å². The van der Waals surface area contributed by atoms with Crippen LogP contribution >= 0.6 is 0 Å². The zero-order valence-corrected chi connectivity index (χ0v) is 11.6. The highest BCUT2D eigenvalue weighted by molar-refractivity contribution is 5.52.